The smallest absolute Gasteiger partial charge is 0.277 e. The largest absolute Gasteiger partial charge is 0.411 e. The average molecular weight is 347 g/mol. The zero-order valence-corrected chi connectivity index (χ0v) is 14.9. The third kappa shape index (κ3) is 4.15. The van der Waals surface area contributed by atoms with Crippen molar-refractivity contribution in [2.24, 2.45) is 0 Å². The van der Waals surface area contributed by atoms with Crippen molar-refractivity contribution in [1.29, 1.82) is 0 Å². The van der Waals surface area contributed by atoms with Crippen LogP contribution >= 0.6 is 11.8 Å². The van der Waals surface area contributed by atoms with Gasteiger partial charge in [0.25, 0.3) is 5.22 Å². The molecule has 1 amide bonds. The molecule has 24 heavy (non-hydrogen) atoms. The Balaban J connectivity index is 1.57. The summed E-state index contributed by atoms with van der Waals surface area (Å²) in [4.78, 5) is 14.2. The lowest BCUT2D eigenvalue weighted by Crippen LogP contribution is -2.48. The number of hydrogen-bond acceptors (Lipinski definition) is 6. The summed E-state index contributed by atoms with van der Waals surface area (Å²) in [5.41, 5.74) is 2.05. The van der Waals surface area contributed by atoms with Crippen molar-refractivity contribution in [2.75, 3.05) is 18.8 Å². The zero-order valence-electron chi connectivity index (χ0n) is 14.1. The molecule has 0 spiro atoms. The molecular weight excluding hydrogens is 326 g/mol. The fourth-order valence-electron chi connectivity index (χ4n) is 2.68. The van der Waals surface area contributed by atoms with Gasteiger partial charge in [0.15, 0.2) is 0 Å². The van der Waals surface area contributed by atoms with Crippen molar-refractivity contribution < 1.29 is 13.9 Å². The number of morpholine rings is 1. The number of carbonyl (C=O) groups excluding carboxylic acids is 1. The third-order valence-corrected chi connectivity index (χ3v) is 4.60. The highest BCUT2D eigenvalue weighted by atomic mass is 32.2. The average Bonchev–Trinajstić information content (AvgIpc) is 3.01. The monoisotopic (exact) mass is 347 g/mol. The molecule has 1 aliphatic rings. The van der Waals surface area contributed by atoms with Gasteiger partial charge in [-0.3, -0.25) is 4.79 Å². The predicted octanol–water partition coefficient (Wildman–Crippen LogP) is 2.77. The second-order valence-corrected chi connectivity index (χ2v) is 7.01. The summed E-state index contributed by atoms with van der Waals surface area (Å²) < 4.78 is 11.3. The van der Waals surface area contributed by atoms with Crippen molar-refractivity contribution >= 4 is 17.7 Å². The molecule has 1 aliphatic heterocycles. The topological polar surface area (TPSA) is 68.5 Å². The van der Waals surface area contributed by atoms with Crippen LogP contribution in [0.1, 0.15) is 19.4 Å². The summed E-state index contributed by atoms with van der Waals surface area (Å²) in [6.07, 6.45) is 0.137. The second-order valence-electron chi connectivity index (χ2n) is 6.08. The molecule has 0 bridgehead atoms. The van der Waals surface area contributed by atoms with Crippen molar-refractivity contribution in [1.82, 2.24) is 15.1 Å². The highest BCUT2D eigenvalue weighted by Gasteiger charge is 2.26. The maximum atomic E-state index is 12.3. The van der Waals surface area contributed by atoms with Gasteiger partial charge in [-0.25, -0.2) is 0 Å². The molecule has 0 saturated carbocycles. The van der Waals surface area contributed by atoms with Crippen LogP contribution in [-0.4, -0.2) is 52.1 Å². The first kappa shape index (κ1) is 17.0. The van der Waals surface area contributed by atoms with E-state index in [0.29, 0.717) is 24.2 Å². The van der Waals surface area contributed by atoms with Crippen LogP contribution in [0.5, 0.6) is 0 Å². The van der Waals surface area contributed by atoms with Crippen LogP contribution in [0.2, 0.25) is 0 Å². The first-order valence-electron chi connectivity index (χ1n) is 7.98. The molecule has 6 nitrogen and oxygen atoms in total. The van der Waals surface area contributed by atoms with Crippen molar-refractivity contribution in [3.8, 4) is 11.5 Å². The number of benzene rings is 1. The number of aryl methyl sites for hydroxylation is 1. The minimum atomic E-state index is 0.0667. The van der Waals surface area contributed by atoms with Crippen molar-refractivity contribution in [2.45, 2.75) is 38.2 Å². The fourth-order valence-corrected chi connectivity index (χ4v) is 3.34. The van der Waals surface area contributed by atoms with Gasteiger partial charge in [-0.2, -0.15) is 0 Å². The predicted molar refractivity (Wildman–Crippen MR) is 91.8 cm³/mol. The van der Waals surface area contributed by atoms with E-state index in [2.05, 4.69) is 10.2 Å². The number of aromatic nitrogens is 2. The molecule has 0 aliphatic carbocycles. The van der Waals surface area contributed by atoms with Gasteiger partial charge >= 0.3 is 0 Å². The fraction of sp³-hybridized carbons (Fsp3) is 0.471. The Morgan fingerprint density at radius 1 is 1.21 bits per heavy atom. The van der Waals surface area contributed by atoms with Gasteiger partial charge in [-0.1, -0.05) is 29.5 Å². The quantitative estimate of drug-likeness (QED) is 0.792. The zero-order chi connectivity index (χ0) is 17.1. The number of hydrogen-bond donors (Lipinski definition) is 0. The van der Waals surface area contributed by atoms with Crippen LogP contribution in [0, 0.1) is 6.92 Å². The van der Waals surface area contributed by atoms with Gasteiger partial charge in [0.1, 0.15) is 0 Å². The van der Waals surface area contributed by atoms with E-state index in [1.165, 1.54) is 17.3 Å². The first-order valence-corrected chi connectivity index (χ1v) is 8.96. The van der Waals surface area contributed by atoms with E-state index in [4.69, 9.17) is 9.15 Å². The van der Waals surface area contributed by atoms with E-state index < -0.39 is 0 Å². The van der Waals surface area contributed by atoms with Crippen molar-refractivity contribution in [3.05, 3.63) is 29.8 Å². The molecule has 1 saturated heterocycles. The third-order valence-electron chi connectivity index (χ3n) is 3.80. The molecule has 1 fully saturated rings. The number of nitrogens with zero attached hydrogens (tertiary/aromatic N) is 3. The molecule has 2 aromatic rings. The standard InChI is InChI=1S/C17H21N3O3S/c1-11-4-6-14(7-5-11)16-18-19-17(23-16)24-10-15(21)20-8-12(2)22-13(3)9-20/h4-7,12-13H,8-10H2,1-3H3. The Bertz CT molecular complexity index is 691. The van der Waals surface area contributed by atoms with Gasteiger partial charge in [-0.15, -0.1) is 10.2 Å². The molecule has 3 rings (SSSR count). The lowest BCUT2D eigenvalue weighted by atomic mass is 10.1. The summed E-state index contributed by atoms with van der Waals surface area (Å²) in [5.74, 6) is 0.824. The Labute approximate surface area is 145 Å². The lowest BCUT2D eigenvalue weighted by Gasteiger charge is -2.35. The summed E-state index contributed by atoms with van der Waals surface area (Å²) in [5, 5.41) is 8.47. The van der Waals surface area contributed by atoms with Crippen LogP contribution in [0.25, 0.3) is 11.5 Å². The van der Waals surface area contributed by atoms with Crippen LogP contribution in [-0.2, 0) is 9.53 Å². The Morgan fingerprint density at radius 3 is 2.54 bits per heavy atom. The molecule has 2 unspecified atom stereocenters. The summed E-state index contributed by atoms with van der Waals surface area (Å²) in [6, 6.07) is 7.88. The number of amides is 1. The number of ether oxygens (including phenoxy) is 1. The molecule has 0 N–H and O–H groups in total. The van der Waals surface area contributed by atoms with Gasteiger partial charge in [0.2, 0.25) is 11.8 Å². The number of carbonyl (C=O) groups is 1. The van der Waals surface area contributed by atoms with E-state index in [9.17, 15) is 4.79 Å². The lowest BCUT2D eigenvalue weighted by molar-refractivity contribution is -0.140. The van der Waals surface area contributed by atoms with E-state index in [-0.39, 0.29) is 23.9 Å². The van der Waals surface area contributed by atoms with Gasteiger partial charge < -0.3 is 14.1 Å². The summed E-state index contributed by atoms with van der Waals surface area (Å²) >= 11 is 1.27. The maximum Gasteiger partial charge on any atom is 0.277 e. The molecule has 1 aromatic carbocycles. The molecule has 1 aromatic heterocycles. The van der Waals surface area contributed by atoms with Crippen LogP contribution in [0.15, 0.2) is 33.9 Å². The SMILES string of the molecule is Cc1ccc(-c2nnc(SCC(=O)N3CC(C)OC(C)C3)o2)cc1. The normalized spacial score (nSPS) is 21.0. The van der Waals surface area contributed by atoms with Crippen LogP contribution in [0.4, 0.5) is 0 Å². The van der Waals surface area contributed by atoms with Crippen molar-refractivity contribution in [3.63, 3.8) is 0 Å². The van der Waals surface area contributed by atoms with Crippen LogP contribution < -0.4 is 0 Å². The highest BCUT2D eigenvalue weighted by Crippen LogP contribution is 2.24. The molecule has 7 heteroatoms. The maximum absolute atomic E-state index is 12.3. The second kappa shape index (κ2) is 7.36. The molecule has 128 valence electrons. The Hall–Kier alpha value is -1.86. The van der Waals surface area contributed by atoms with Gasteiger partial charge in [0, 0.05) is 18.7 Å². The minimum absolute atomic E-state index is 0.0667. The van der Waals surface area contributed by atoms with Gasteiger partial charge in [0.05, 0.1) is 18.0 Å². The summed E-state index contributed by atoms with van der Waals surface area (Å²) in [6.45, 7) is 7.24. The summed E-state index contributed by atoms with van der Waals surface area (Å²) in [7, 11) is 0. The van der Waals surface area contributed by atoms with E-state index >= 15 is 0 Å². The first-order chi connectivity index (χ1) is 11.5. The Morgan fingerprint density at radius 2 is 1.88 bits per heavy atom. The number of thioether (sulfide) groups is 1. The Kier molecular flexibility index (Phi) is 5.20. The highest BCUT2D eigenvalue weighted by molar-refractivity contribution is 7.99. The number of rotatable bonds is 4. The van der Waals surface area contributed by atoms with E-state index in [0.717, 1.165) is 5.56 Å². The molecule has 0 radical (unpaired) electrons. The van der Waals surface area contributed by atoms with E-state index in [1.54, 1.807) is 0 Å². The molecule has 2 atom stereocenters. The molecule has 2 heterocycles. The van der Waals surface area contributed by atoms with E-state index in [1.807, 2.05) is 49.9 Å². The molecular formula is C17H21N3O3S. The van der Waals surface area contributed by atoms with Crippen LogP contribution in [0.3, 0.4) is 0 Å². The van der Waals surface area contributed by atoms with Gasteiger partial charge in [-0.05, 0) is 32.9 Å². The minimum Gasteiger partial charge on any atom is -0.411 e.